The third-order valence-corrected chi connectivity index (χ3v) is 4.11. The zero-order valence-corrected chi connectivity index (χ0v) is 14.3. The van der Waals surface area contributed by atoms with Crippen molar-refractivity contribution >= 4 is 17.5 Å². The molecule has 1 saturated carbocycles. The van der Waals surface area contributed by atoms with Gasteiger partial charge in [-0.25, -0.2) is 0 Å². The van der Waals surface area contributed by atoms with Gasteiger partial charge in [0, 0.05) is 24.2 Å². The highest BCUT2D eigenvalue weighted by Gasteiger charge is 2.29. The summed E-state index contributed by atoms with van der Waals surface area (Å²) < 4.78 is 5.62. The molecule has 5 nitrogen and oxygen atoms in total. The third kappa shape index (κ3) is 4.83. The van der Waals surface area contributed by atoms with Crippen molar-refractivity contribution in [2.75, 3.05) is 25.5 Å². The van der Waals surface area contributed by atoms with E-state index >= 15 is 0 Å². The first-order valence-electron chi connectivity index (χ1n) is 8.48. The van der Waals surface area contributed by atoms with E-state index in [1.165, 1.54) is 0 Å². The molecule has 2 aromatic rings. The van der Waals surface area contributed by atoms with Crippen molar-refractivity contribution in [2.24, 2.45) is 5.92 Å². The maximum Gasteiger partial charge on any atom is 0.253 e. The standard InChI is InChI=1S/C20H22N2O3/c1-22(12-13-25-18-8-3-2-4-9-18)20(24)16-6-5-7-17(14-16)21-19(23)15-10-11-15/h2-9,14-15H,10-13H2,1H3,(H,21,23). The largest absolute Gasteiger partial charge is 0.492 e. The predicted octanol–water partition coefficient (Wildman–Crippen LogP) is 3.19. The van der Waals surface area contributed by atoms with E-state index in [1.54, 1.807) is 36.2 Å². The molecule has 25 heavy (non-hydrogen) atoms. The molecule has 0 radical (unpaired) electrons. The van der Waals surface area contributed by atoms with Gasteiger partial charge in [-0.15, -0.1) is 0 Å². The molecule has 1 aliphatic rings. The fourth-order valence-electron chi connectivity index (χ4n) is 2.46. The first-order valence-corrected chi connectivity index (χ1v) is 8.48. The number of benzene rings is 2. The highest BCUT2D eigenvalue weighted by Crippen LogP contribution is 2.30. The summed E-state index contributed by atoms with van der Waals surface area (Å²) in [5, 5.41) is 2.87. The van der Waals surface area contributed by atoms with Crippen molar-refractivity contribution in [3.8, 4) is 5.75 Å². The molecular weight excluding hydrogens is 316 g/mol. The average Bonchev–Trinajstić information content (AvgIpc) is 3.47. The van der Waals surface area contributed by atoms with Gasteiger partial charge in [0.1, 0.15) is 12.4 Å². The smallest absolute Gasteiger partial charge is 0.253 e. The van der Waals surface area contributed by atoms with E-state index in [1.807, 2.05) is 30.3 Å². The van der Waals surface area contributed by atoms with Crippen LogP contribution >= 0.6 is 0 Å². The number of rotatable bonds is 7. The Balaban J connectivity index is 1.53. The van der Waals surface area contributed by atoms with E-state index in [4.69, 9.17) is 4.74 Å². The molecule has 0 atom stereocenters. The predicted molar refractivity (Wildman–Crippen MR) is 96.7 cm³/mol. The molecule has 2 amide bonds. The first-order chi connectivity index (χ1) is 12.1. The van der Waals surface area contributed by atoms with E-state index in [9.17, 15) is 9.59 Å². The van der Waals surface area contributed by atoms with Crippen molar-refractivity contribution < 1.29 is 14.3 Å². The number of anilines is 1. The van der Waals surface area contributed by atoms with Crippen LogP contribution in [0.3, 0.4) is 0 Å². The molecule has 0 unspecified atom stereocenters. The van der Waals surface area contributed by atoms with Crippen LogP contribution in [0, 0.1) is 5.92 Å². The van der Waals surface area contributed by atoms with Crippen molar-refractivity contribution in [1.29, 1.82) is 0 Å². The lowest BCUT2D eigenvalue weighted by Crippen LogP contribution is -2.31. The Morgan fingerprint density at radius 1 is 1.12 bits per heavy atom. The summed E-state index contributed by atoms with van der Waals surface area (Å²) in [7, 11) is 1.74. The second-order valence-corrected chi connectivity index (χ2v) is 6.23. The fraction of sp³-hybridized carbons (Fsp3) is 0.300. The van der Waals surface area contributed by atoms with Crippen molar-refractivity contribution in [3.05, 3.63) is 60.2 Å². The summed E-state index contributed by atoms with van der Waals surface area (Å²) in [6.45, 7) is 0.900. The van der Waals surface area contributed by atoms with Crippen molar-refractivity contribution in [2.45, 2.75) is 12.8 Å². The van der Waals surface area contributed by atoms with Crippen molar-refractivity contribution in [1.82, 2.24) is 4.90 Å². The van der Waals surface area contributed by atoms with E-state index in [-0.39, 0.29) is 17.7 Å². The minimum absolute atomic E-state index is 0.0363. The molecule has 0 saturated heterocycles. The summed E-state index contributed by atoms with van der Waals surface area (Å²) in [5.41, 5.74) is 1.22. The lowest BCUT2D eigenvalue weighted by molar-refractivity contribution is -0.117. The number of para-hydroxylation sites is 1. The molecule has 1 aliphatic carbocycles. The maximum atomic E-state index is 12.5. The Labute approximate surface area is 147 Å². The summed E-state index contributed by atoms with van der Waals surface area (Å²) in [5.74, 6) is 0.860. The van der Waals surface area contributed by atoms with E-state index < -0.39 is 0 Å². The van der Waals surface area contributed by atoms with Crippen LogP contribution in [0.4, 0.5) is 5.69 Å². The Morgan fingerprint density at radius 2 is 1.88 bits per heavy atom. The lowest BCUT2D eigenvalue weighted by Gasteiger charge is -2.18. The zero-order chi connectivity index (χ0) is 17.6. The van der Waals surface area contributed by atoms with Gasteiger partial charge in [0.15, 0.2) is 0 Å². The number of nitrogens with one attached hydrogen (secondary N) is 1. The summed E-state index contributed by atoms with van der Waals surface area (Å²) in [6, 6.07) is 16.6. The Hall–Kier alpha value is -2.82. The molecule has 1 fully saturated rings. The molecule has 0 aromatic heterocycles. The van der Waals surface area contributed by atoms with Gasteiger partial charge in [-0.05, 0) is 43.2 Å². The fourth-order valence-corrected chi connectivity index (χ4v) is 2.46. The van der Waals surface area contributed by atoms with Gasteiger partial charge in [-0.1, -0.05) is 24.3 Å². The number of ether oxygens (including phenoxy) is 1. The number of carbonyl (C=O) groups excluding carboxylic acids is 2. The topological polar surface area (TPSA) is 58.6 Å². The number of hydrogen-bond donors (Lipinski definition) is 1. The number of likely N-dealkylation sites (N-methyl/N-ethyl adjacent to an activating group) is 1. The van der Waals surface area contributed by atoms with Crippen LogP contribution in [0.15, 0.2) is 54.6 Å². The van der Waals surface area contributed by atoms with Gasteiger partial charge in [-0.3, -0.25) is 9.59 Å². The third-order valence-electron chi connectivity index (χ3n) is 4.11. The van der Waals surface area contributed by atoms with Gasteiger partial charge >= 0.3 is 0 Å². The first kappa shape index (κ1) is 17.0. The van der Waals surface area contributed by atoms with Crippen LogP contribution in [0.5, 0.6) is 5.75 Å². The molecule has 2 aromatic carbocycles. The van der Waals surface area contributed by atoms with Crippen LogP contribution in [0.25, 0.3) is 0 Å². The second-order valence-electron chi connectivity index (χ2n) is 6.23. The monoisotopic (exact) mass is 338 g/mol. The van der Waals surface area contributed by atoms with E-state index in [0.29, 0.717) is 24.4 Å². The molecule has 0 heterocycles. The molecule has 3 rings (SSSR count). The summed E-state index contributed by atoms with van der Waals surface area (Å²) in [4.78, 5) is 26.0. The van der Waals surface area contributed by atoms with Crippen LogP contribution < -0.4 is 10.1 Å². The van der Waals surface area contributed by atoms with Crippen LogP contribution in [-0.2, 0) is 4.79 Å². The number of amides is 2. The van der Waals surface area contributed by atoms with Gasteiger partial charge in [0.05, 0.1) is 6.54 Å². The average molecular weight is 338 g/mol. The highest BCUT2D eigenvalue weighted by atomic mass is 16.5. The maximum absolute atomic E-state index is 12.5. The van der Waals surface area contributed by atoms with Gasteiger partial charge < -0.3 is 15.0 Å². The molecule has 0 aliphatic heterocycles. The minimum atomic E-state index is -0.0980. The molecule has 5 heteroatoms. The SMILES string of the molecule is CN(CCOc1ccccc1)C(=O)c1cccc(NC(=O)C2CC2)c1. The van der Waals surface area contributed by atoms with Crippen LogP contribution in [0.2, 0.25) is 0 Å². The Morgan fingerprint density at radius 3 is 2.60 bits per heavy atom. The quantitative estimate of drug-likeness (QED) is 0.843. The molecular formula is C20H22N2O3. The van der Waals surface area contributed by atoms with Crippen LogP contribution in [0.1, 0.15) is 23.2 Å². The van der Waals surface area contributed by atoms with E-state index in [2.05, 4.69) is 5.32 Å². The zero-order valence-electron chi connectivity index (χ0n) is 14.3. The lowest BCUT2D eigenvalue weighted by atomic mass is 10.1. The van der Waals surface area contributed by atoms with Gasteiger partial charge in [0.25, 0.3) is 5.91 Å². The summed E-state index contributed by atoms with van der Waals surface area (Å²) >= 11 is 0. The number of hydrogen-bond acceptors (Lipinski definition) is 3. The normalized spacial score (nSPS) is 13.2. The highest BCUT2D eigenvalue weighted by molar-refractivity contribution is 5.98. The molecule has 1 N–H and O–H groups in total. The number of nitrogens with zero attached hydrogens (tertiary/aromatic N) is 1. The van der Waals surface area contributed by atoms with E-state index in [0.717, 1.165) is 18.6 Å². The molecule has 0 spiro atoms. The van der Waals surface area contributed by atoms with Gasteiger partial charge in [-0.2, -0.15) is 0 Å². The second kappa shape index (κ2) is 7.83. The van der Waals surface area contributed by atoms with Crippen LogP contribution in [-0.4, -0.2) is 36.9 Å². The molecule has 0 bridgehead atoms. The van der Waals surface area contributed by atoms with Gasteiger partial charge in [0.2, 0.25) is 5.91 Å². The Bertz CT molecular complexity index is 742. The van der Waals surface area contributed by atoms with Crippen molar-refractivity contribution in [3.63, 3.8) is 0 Å². The molecule has 130 valence electrons. The number of carbonyl (C=O) groups is 2. The Kier molecular flexibility index (Phi) is 5.33. The minimum Gasteiger partial charge on any atom is -0.492 e. The summed E-state index contributed by atoms with van der Waals surface area (Å²) in [6.07, 6.45) is 1.91.